The molecule has 0 bridgehead atoms. The number of aromatic nitrogens is 1. The molecule has 3 heterocycles. The Morgan fingerprint density at radius 1 is 1.46 bits per heavy atom. The number of carbonyl (C=O) groups is 2. The van der Waals surface area contributed by atoms with Crippen LogP contribution in [0.15, 0.2) is 15.7 Å². The molecule has 0 unspecified atom stereocenters. The van der Waals surface area contributed by atoms with Crippen LogP contribution in [0.3, 0.4) is 0 Å². The second kappa shape index (κ2) is 7.12. The molecule has 1 saturated heterocycles. The topological polar surface area (TPSA) is 108 Å². The number of aliphatic hydroxyl groups is 1. The minimum absolute atomic E-state index is 0.00454. The number of hydrazone groups is 1. The highest BCUT2D eigenvalue weighted by Crippen LogP contribution is 2.23. The Morgan fingerprint density at radius 3 is 2.96 bits per heavy atom. The predicted molar refractivity (Wildman–Crippen MR) is 85.1 cm³/mol. The highest BCUT2D eigenvalue weighted by molar-refractivity contribution is 5.94. The molecule has 1 aromatic heterocycles. The summed E-state index contributed by atoms with van der Waals surface area (Å²) in [5.74, 6) is 0.619. The minimum atomic E-state index is -0.550. The third-order valence-corrected chi connectivity index (χ3v) is 4.51. The van der Waals surface area contributed by atoms with Crippen LogP contribution >= 0.6 is 0 Å². The minimum Gasteiger partial charge on any atom is -0.391 e. The van der Waals surface area contributed by atoms with E-state index in [2.05, 4.69) is 15.7 Å². The Hall–Kier alpha value is -2.22. The molecule has 2 aliphatic heterocycles. The summed E-state index contributed by atoms with van der Waals surface area (Å²) in [7, 11) is 0. The molecule has 24 heavy (non-hydrogen) atoms. The fraction of sp³-hybridized carbons (Fsp3) is 0.625. The molecule has 2 aliphatic rings. The van der Waals surface area contributed by atoms with Gasteiger partial charge in [0.25, 0.3) is 0 Å². The van der Waals surface area contributed by atoms with E-state index >= 15 is 0 Å². The summed E-state index contributed by atoms with van der Waals surface area (Å²) in [6.07, 6.45) is 1.94. The zero-order chi connectivity index (χ0) is 17.1. The van der Waals surface area contributed by atoms with Crippen LogP contribution in [0.2, 0.25) is 0 Å². The summed E-state index contributed by atoms with van der Waals surface area (Å²) >= 11 is 0. The van der Waals surface area contributed by atoms with Gasteiger partial charge in [-0.3, -0.25) is 9.59 Å². The Morgan fingerprint density at radius 2 is 2.29 bits per heavy atom. The first-order valence-corrected chi connectivity index (χ1v) is 8.23. The van der Waals surface area contributed by atoms with Crippen molar-refractivity contribution in [1.82, 2.24) is 15.5 Å². The maximum absolute atomic E-state index is 12.3. The lowest BCUT2D eigenvalue weighted by Gasteiger charge is -2.17. The molecule has 2 atom stereocenters. The summed E-state index contributed by atoms with van der Waals surface area (Å²) in [5.41, 5.74) is 4.09. The van der Waals surface area contributed by atoms with Crippen molar-refractivity contribution in [2.24, 2.45) is 11.0 Å². The molecule has 1 fully saturated rings. The highest BCUT2D eigenvalue weighted by atomic mass is 16.5. The molecule has 0 spiro atoms. The van der Waals surface area contributed by atoms with Crippen LogP contribution in [0.4, 0.5) is 0 Å². The second-order valence-corrected chi connectivity index (χ2v) is 6.48. The Kier molecular flexibility index (Phi) is 4.94. The van der Waals surface area contributed by atoms with E-state index in [1.54, 1.807) is 4.90 Å². The van der Waals surface area contributed by atoms with Gasteiger partial charge in [0, 0.05) is 50.0 Å². The van der Waals surface area contributed by atoms with Crippen molar-refractivity contribution in [2.75, 3.05) is 13.1 Å². The normalized spacial score (nSPS) is 24.0. The summed E-state index contributed by atoms with van der Waals surface area (Å²) < 4.78 is 5.19. The quantitative estimate of drug-likeness (QED) is 0.810. The van der Waals surface area contributed by atoms with E-state index in [0.29, 0.717) is 45.2 Å². The number of β-amino-alcohol motifs (C(OH)–C–C–N with tert-alkyl or cyclic N) is 1. The summed E-state index contributed by atoms with van der Waals surface area (Å²) in [4.78, 5) is 25.1. The Labute approximate surface area is 139 Å². The van der Waals surface area contributed by atoms with E-state index < -0.39 is 6.10 Å². The van der Waals surface area contributed by atoms with E-state index in [4.69, 9.17) is 4.52 Å². The first kappa shape index (κ1) is 16.6. The van der Waals surface area contributed by atoms with E-state index in [1.165, 1.54) is 0 Å². The number of aliphatic hydroxyl groups excluding tert-OH is 1. The molecule has 1 aromatic rings. The number of likely N-dealkylation sites (tertiary alicyclic amines) is 1. The molecule has 0 aromatic carbocycles. The summed E-state index contributed by atoms with van der Waals surface area (Å²) in [6, 6.07) is 1.85. The Balaban J connectivity index is 1.48. The largest absolute Gasteiger partial charge is 0.391 e. The van der Waals surface area contributed by atoms with Gasteiger partial charge in [-0.15, -0.1) is 0 Å². The van der Waals surface area contributed by atoms with Crippen molar-refractivity contribution in [1.29, 1.82) is 0 Å². The Bertz CT molecular complexity index is 654. The molecule has 0 aliphatic carbocycles. The van der Waals surface area contributed by atoms with Gasteiger partial charge in [0.2, 0.25) is 11.8 Å². The fourth-order valence-corrected chi connectivity index (χ4v) is 3.13. The number of amides is 2. The van der Waals surface area contributed by atoms with Gasteiger partial charge in [-0.25, -0.2) is 5.43 Å². The number of nitrogens with one attached hydrogen (secondary N) is 1. The third-order valence-electron chi connectivity index (χ3n) is 4.51. The molecule has 8 heteroatoms. The lowest BCUT2D eigenvalue weighted by molar-refractivity contribution is -0.130. The van der Waals surface area contributed by atoms with E-state index in [0.717, 1.165) is 17.2 Å². The van der Waals surface area contributed by atoms with Gasteiger partial charge in [-0.2, -0.15) is 5.10 Å². The fourth-order valence-electron chi connectivity index (χ4n) is 3.13. The van der Waals surface area contributed by atoms with Gasteiger partial charge < -0.3 is 14.5 Å². The number of hydrogen-bond acceptors (Lipinski definition) is 6. The smallest absolute Gasteiger partial charge is 0.240 e. The first-order chi connectivity index (χ1) is 11.5. The average molecular weight is 334 g/mol. The van der Waals surface area contributed by atoms with Crippen LogP contribution in [-0.2, 0) is 16.0 Å². The van der Waals surface area contributed by atoms with Gasteiger partial charge >= 0.3 is 0 Å². The average Bonchev–Trinajstić information content (AvgIpc) is 3.13. The van der Waals surface area contributed by atoms with Crippen LogP contribution in [0.1, 0.15) is 37.1 Å². The number of hydrogen-bond donors (Lipinski definition) is 2. The number of rotatable bonds is 5. The zero-order valence-electron chi connectivity index (χ0n) is 13.7. The molecule has 0 radical (unpaired) electrons. The van der Waals surface area contributed by atoms with Crippen molar-refractivity contribution in [3.8, 4) is 0 Å². The summed E-state index contributed by atoms with van der Waals surface area (Å²) in [6.45, 7) is 2.72. The zero-order valence-corrected chi connectivity index (χ0v) is 13.7. The van der Waals surface area contributed by atoms with E-state index in [9.17, 15) is 14.7 Å². The SMILES string of the molecule is Cc1cc(C[C@@H]2CN(C(=O)CCC3=NNC(=O)CC3)C[C@@H]2O)on1. The number of aryl methyl sites for hydroxylation is 1. The highest BCUT2D eigenvalue weighted by Gasteiger charge is 2.34. The van der Waals surface area contributed by atoms with Gasteiger partial charge in [0.1, 0.15) is 5.76 Å². The van der Waals surface area contributed by atoms with Crippen LogP contribution in [-0.4, -0.2) is 51.9 Å². The third kappa shape index (κ3) is 4.00. The van der Waals surface area contributed by atoms with Crippen LogP contribution in [0, 0.1) is 12.8 Å². The van der Waals surface area contributed by atoms with E-state index in [-0.39, 0.29) is 17.7 Å². The first-order valence-electron chi connectivity index (χ1n) is 8.23. The molecule has 2 amide bonds. The number of nitrogens with zero attached hydrogens (tertiary/aromatic N) is 3. The van der Waals surface area contributed by atoms with Crippen molar-refractivity contribution in [3.05, 3.63) is 17.5 Å². The molecule has 3 rings (SSSR count). The molecule has 8 nitrogen and oxygen atoms in total. The van der Waals surface area contributed by atoms with E-state index in [1.807, 2.05) is 13.0 Å². The van der Waals surface area contributed by atoms with Crippen LogP contribution in [0.5, 0.6) is 0 Å². The standard InChI is InChI=1S/C16H22N4O4/c1-10-6-13(24-19-10)7-11-8-20(9-14(11)21)16(23)5-3-12-2-4-15(22)18-17-12/h6,11,14,21H,2-5,7-9H2,1H3,(H,18,22)/t11-,14+/m1/s1. The van der Waals surface area contributed by atoms with Crippen molar-refractivity contribution in [3.63, 3.8) is 0 Å². The maximum atomic E-state index is 12.3. The van der Waals surface area contributed by atoms with Gasteiger partial charge in [0.15, 0.2) is 0 Å². The lowest BCUT2D eigenvalue weighted by Crippen LogP contribution is -2.31. The van der Waals surface area contributed by atoms with Gasteiger partial charge in [-0.1, -0.05) is 5.16 Å². The number of carbonyl (C=O) groups excluding carboxylic acids is 2. The van der Waals surface area contributed by atoms with Crippen LogP contribution in [0.25, 0.3) is 0 Å². The van der Waals surface area contributed by atoms with Crippen molar-refractivity contribution < 1.29 is 19.2 Å². The van der Waals surface area contributed by atoms with Crippen LogP contribution < -0.4 is 5.43 Å². The monoisotopic (exact) mass is 334 g/mol. The van der Waals surface area contributed by atoms with Gasteiger partial charge in [0.05, 0.1) is 11.8 Å². The molecule has 0 saturated carbocycles. The summed E-state index contributed by atoms with van der Waals surface area (Å²) in [5, 5.41) is 18.0. The molecule has 2 N–H and O–H groups in total. The molecule has 130 valence electrons. The van der Waals surface area contributed by atoms with Crippen molar-refractivity contribution in [2.45, 2.75) is 45.1 Å². The predicted octanol–water partition coefficient (Wildman–Crippen LogP) is 0.391. The lowest BCUT2D eigenvalue weighted by atomic mass is 10.0. The molecular weight excluding hydrogens is 312 g/mol. The van der Waals surface area contributed by atoms with Gasteiger partial charge in [-0.05, 0) is 19.8 Å². The van der Waals surface area contributed by atoms with Crippen molar-refractivity contribution >= 4 is 17.5 Å². The molecular formula is C16H22N4O4. The second-order valence-electron chi connectivity index (χ2n) is 6.48. The maximum Gasteiger partial charge on any atom is 0.240 e.